The molecule has 0 aromatic rings. The monoisotopic (exact) mass is 628 g/mol. The number of aliphatic hydroxyl groups is 1. The molecule has 0 spiro atoms. The maximum atomic E-state index is 13.1. The van der Waals surface area contributed by atoms with E-state index < -0.39 is 30.6 Å². The molecule has 0 radical (unpaired) electrons. The van der Waals surface area contributed by atoms with Gasteiger partial charge in [-0.2, -0.15) is 0 Å². The van der Waals surface area contributed by atoms with E-state index in [9.17, 15) is 24.3 Å². The molecule has 6 unspecified atom stereocenters. The lowest BCUT2D eigenvalue weighted by atomic mass is 9.83. The molecule has 0 aliphatic carbocycles. The molecule has 45 heavy (non-hydrogen) atoms. The number of methoxy groups -OCH3 is 1. The minimum Gasteiger partial charge on any atom is -0.466 e. The first-order valence-corrected chi connectivity index (χ1v) is 16.0. The van der Waals surface area contributed by atoms with Gasteiger partial charge in [0.1, 0.15) is 11.9 Å². The molecule has 0 aromatic heterocycles. The first-order chi connectivity index (χ1) is 21.3. The molecule has 0 fully saturated rings. The number of unbranched alkanes of at least 4 members (excludes halogenated alkanes) is 1. The largest absolute Gasteiger partial charge is 0.466 e. The van der Waals surface area contributed by atoms with Crippen LogP contribution in [0.25, 0.3) is 0 Å². The average molecular weight is 629 g/mol. The Balaban J connectivity index is 0.00000947. The minimum atomic E-state index is -0.882. The third-order valence-electron chi connectivity index (χ3n) is 7.41. The van der Waals surface area contributed by atoms with Gasteiger partial charge in [-0.05, 0) is 51.5 Å². The van der Waals surface area contributed by atoms with Crippen molar-refractivity contribution in [2.75, 3.05) is 13.7 Å². The van der Waals surface area contributed by atoms with Crippen LogP contribution in [0.5, 0.6) is 0 Å². The molecular weight excluding hydrogens is 572 g/mol. The SMILES string of the molecule is CC.CCC(=C/CC/C=C/C(C)=C/C(C)C(=O)C(C)C(O)C(C)C/C(C)=C/C(=O)OCC(=O)OC)/C=C/C1OC(=O)C=CC1C. The number of hydrogen-bond donors (Lipinski definition) is 1. The van der Waals surface area contributed by atoms with Crippen molar-refractivity contribution >= 4 is 23.7 Å². The summed E-state index contributed by atoms with van der Waals surface area (Å²) in [6, 6.07) is 0. The quantitative estimate of drug-likeness (QED) is 0.0591. The molecular formula is C37H56O8. The number of carbonyl (C=O) groups excluding carboxylic acids is 4. The summed E-state index contributed by atoms with van der Waals surface area (Å²) in [5.41, 5.74) is 2.83. The minimum absolute atomic E-state index is 0.0537. The van der Waals surface area contributed by atoms with Crippen LogP contribution in [0.3, 0.4) is 0 Å². The maximum absolute atomic E-state index is 13.1. The van der Waals surface area contributed by atoms with E-state index in [0.29, 0.717) is 12.0 Å². The van der Waals surface area contributed by atoms with Crippen LogP contribution in [0.2, 0.25) is 0 Å². The summed E-state index contributed by atoms with van der Waals surface area (Å²) in [5, 5.41) is 10.8. The zero-order chi connectivity index (χ0) is 34.5. The summed E-state index contributed by atoms with van der Waals surface area (Å²) in [7, 11) is 1.21. The van der Waals surface area contributed by atoms with E-state index in [4.69, 9.17) is 9.47 Å². The van der Waals surface area contributed by atoms with Crippen LogP contribution < -0.4 is 0 Å². The zero-order valence-corrected chi connectivity index (χ0v) is 29.0. The zero-order valence-electron chi connectivity index (χ0n) is 29.0. The van der Waals surface area contributed by atoms with Gasteiger partial charge in [-0.25, -0.2) is 14.4 Å². The first kappa shape index (κ1) is 41.5. The normalized spacial score (nSPS) is 20.2. The highest BCUT2D eigenvalue weighted by molar-refractivity contribution is 5.85. The molecule has 1 heterocycles. The molecule has 1 aliphatic heterocycles. The number of ether oxygens (including phenoxy) is 3. The molecule has 0 amide bonds. The fourth-order valence-corrected chi connectivity index (χ4v) is 4.75. The standard InChI is InChI=1S/C35H50O8.C2H6/c1-9-29(16-17-30-25(4)15-18-31(36)43-30)14-12-10-11-13-23(2)19-26(5)34(39)28(7)35(40)27(6)20-24(3)21-32(37)42-22-33(38)41-8;1-2/h11,13-19,21,25-28,30,35,40H,9-10,12,20,22H2,1-8H3;1-2H3/b13-11+,17-16+,23-19+,24-21+,29-14-;. The highest BCUT2D eigenvalue weighted by Gasteiger charge is 2.29. The lowest BCUT2D eigenvalue weighted by molar-refractivity contribution is -0.154. The lowest BCUT2D eigenvalue weighted by Gasteiger charge is -2.25. The van der Waals surface area contributed by atoms with Crippen molar-refractivity contribution in [3.8, 4) is 0 Å². The lowest BCUT2D eigenvalue weighted by Crippen LogP contribution is -2.34. The number of cyclic esters (lactones) is 1. The number of rotatable bonds is 17. The van der Waals surface area contributed by atoms with Crippen molar-refractivity contribution in [1.82, 2.24) is 0 Å². The molecule has 252 valence electrons. The van der Waals surface area contributed by atoms with E-state index in [0.717, 1.165) is 24.8 Å². The topological polar surface area (TPSA) is 116 Å². The summed E-state index contributed by atoms with van der Waals surface area (Å²) in [6.07, 6.45) is 18.6. The Labute approximate surface area is 271 Å². The fourth-order valence-electron chi connectivity index (χ4n) is 4.75. The van der Waals surface area contributed by atoms with Crippen molar-refractivity contribution in [1.29, 1.82) is 0 Å². The second-order valence-electron chi connectivity index (χ2n) is 11.3. The van der Waals surface area contributed by atoms with Crippen molar-refractivity contribution in [2.24, 2.45) is 23.7 Å². The predicted octanol–water partition coefficient (Wildman–Crippen LogP) is 7.20. The van der Waals surface area contributed by atoms with Crippen LogP contribution in [-0.2, 0) is 33.4 Å². The molecule has 0 saturated heterocycles. The fraction of sp³-hybridized carbons (Fsp3) is 0.568. The number of Topliss-reactive ketones (excluding diaryl/α,β-unsaturated/α-hetero) is 1. The highest BCUT2D eigenvalue weighted by Crippen LogP contribution is 2.24. The van der Waals surface area contributed by atoms with Gasteiger partial charge < -0.3 is 19.3 Å². The third-order valence-corrected chi connectivity index (χ3v) is 7.41. The first-order valence-electron chi connectivity index (χ1n) is 16.0. The Hall–Kier alpha value is -3.52. The molecule has 8 nitrogen and oxygen atoms in total. The van der Waals surface area contributed by atoms with Gasteiger partial charge in [-0.1, -0.05) is 102 Å². The maximum Gasteiger partial charge on any atom is 0.344 e. The molecule has 1 rings (SSSR count). The Bertz CT molecular complexity index is 1140. The van der Waals surface area contributed by atoms with Crippen LogP contribution in [0, 0.1) is 23.7 Å². The van der Waals surface area contributed by atoms with Gasteiger partial charge >= 0.3 is 17.9 Å². The van der Waals surface area contributed by atoms with Gasteiger partial charge in [0.15, 0.2) is 6.61 Å². The third kappa shape index (κ3) is 16.9. The molecule has 6 atom stereocenters. The number of aliphatic hydroxyl groups excluding tert-OH is 1. The van der Waals surface area contributed by atoms with Gasteiger partial charge in [-0.15, -0.1) is 0 Å². The van der Waals surface area contributed by atoms with Crippen LogP contribution >= 0.6 is 0 Å². The summed E-state index contributed by atoms with van der Waals surface area (Å²) < 4.78 is 14.6. The van der Waals surface area contributed by atoms with Crippen molar-refractivity contribution in [3.63, 3.8) is 0 Å². The van der Waals surface area contributed by atoms with E-state index in [-0.39, 0.29) is 35.6 Å². The second kappa shape index (κ2) is 22.9. The van der Waals surface area contributed by atoms with Gasteiger partial charge in [0, 0.05) is 29.9 Å². The molecule has 0 saturated carbocycles. The molecule has 1 aliphatic rings. The summed E-state index contributed by atoms with van der Waals surface area (Å²) in [4.78, 5) is 47.5. The summed E-state index contributed by atoms with van der Waals surface area (Å²) in [6.45, 7) is 16.7. The Morgan fingerprint density at radius 3 is 2.38 bits per heavy atom. The number of carbonyl (C=O) groups is 4. The highest BCUT2D eigenvalue weighted by atomic mass is 16.6. The molecule has 0 bridgehead atoms. The number of ketones is 1. The van der Waals surface area contributed by atoms with Gasteiger partial charge in [-0.3, -0.25) is 4.79 Å². The van der Waals surface area contributed by atoms with E-state index in [1.165, 1.54) is 24.8 Å². The van der Waals surface area contributed by atoms with Gasteiger partial charge in [0.25, 0.3) is 0 Å². The second-order valence-corrected chi connectivity index (χ2v) is 11.3. The Kier molecular flexibility index (Phi) is 21.1. The summed E-state index contributed by atoms with van der Waals surface area (Å²) >= 11 is 0. The van der Waals surface area contributed by atoms with Gasteiger partial charge in [0.2, 0.25) is 0 Å². The molecule has 8 heteroatoms. The average Bonchev–Trinajstić information content (AvgIpc) is 3.02. The number of hydrogen-bond acceptors (Lipinski definition) is 8. The smallest absolute Gasteiger partial charge is 0.344 e. The van der Waals surface area contributed by atoms with Crippen molar-refractivity contribution in [2.45, 2.75) is 100 Å². The summed E-state index contributed by atoms with van der Waals surface area (Å²) in [5.74, 6) is -2.74. The van der Waals surface area contributed by atoms with Crippen LogP contribution in [0.1, 0.15) is 88.0 Å². The van der Waals surface area contributed by atoms with Crippen LogP contribution in [0.4, 0.5) is 0 Å². The predicted molar refractivity (Wildman–Crippen MR) is 179 cm³/mol. The van der Waals surface area contributed by atoms with Crippen LogP contribution in [0.15, 0.2) is 71.4 Å². The van der Waals surface area contributed by atoms with Crippen LogP contribution in [-0.4, -0.2) is 54.7 Å². The molecule has 1 N–H and O–H groups in total. The van der Waals surface area contributed by atoms with E-state index in [1.54, 1.807) is 13.8 Å². The van der Waals surface area contributed by atoms with Crippen molar-refractivity contribution in [3.05, 3.63) is 71.4 Å². The Morgan fingerprint density at radius 1 is 1.09 bits per heavy atom. The molecule has 0 aromatic carbocycles. The van der Waals surface area contributed by atoms with E-state index in [2.05, 4.69) is 23.8 Å². The number of esters is 3. The van der Waals surface area contributed by atoms with E-state index in [1.807, 2.05) is 71.9 Å². The Morgan fingerprint density at radius 2 is 1.76 bits per heavy atom. The van der Waals surface area contributed by atoms with E-state index >= 15 is 0 Å². The van der Waals surface area contributed by atoms with Gasteiger partial charge in [0.05, 0.1) is 13.2 Å². The van der Waals surface area contributed by atoms with Crippen molar-refractivity contribution < 1.29 is 38.5 Å². The number of allylic oxidation sites excluding steroid dienone is 8.